The lowest BCUT2D eigenvalue weighted by Crippen LogP contribution is -2.39. The van der Waals surface area contributed by atoms with Gasteiger partial charge < -0.3 is 4.90 Å². The van der Waals surface area contributed by atoms with Crippen molar-refractivity contribution in [1.82, 2.24) is 24.5 Å². The average Bonchev–Trinajstić information content (AvgIpc) is 3.31. The summed E-state index contributed by atoms with van der Waals surface area (Å²) in [4.78, 5) is 29.2. The maximum atomic E-state index is 12.8. The largest absolute Gasteiger partial charge is 0.340 e. The van der Waals surface area contributed by atoms with Crippen LogP contribution in [0.25, 0.3) is 11.3 Å². The monoisotopic (exact) mass is 355 g/mol. The Balaban J connectivity index is 1.51. The van der Waals surface area contributed by atoms with E-state index in [4.69, 9.17) is 0 Å². The first-order valence-electron chi connectivity index (χ1n) is 8.17. The number of likely N-dealkylation sites (tertiary alicyclic amines) is 1. The van der Waals surface area contributed by atoms with Crippen LogP contribution < -0.4 is 5.69 Å². The Morgan fingerprint density at radius 2 is 2.12 bits per heavy atom. The lowest BCUT2D eigenvalue weighted by molar-refractivity contribution is 0.0709. The van der Waals surface area contributed by atoms with Gasteiger partial charge in [-0.15, -0.1) is 0 Å². The number of amides is 1. The van der Waals surface area contributed by atoms with Crippen molar-refractivity contribution >= 4 is 17.4 Å². The molecular weight excluding hydrogens is 338 g/mol. The molecule has 8 heteroatoms. The van der Waals surface area contributed by atoms with Crippen molar-refractivity contribution in [2.24, 2.45) is 0 Å². The summed E-state index contributed by atoms with van der Waals surface area (Å²) in [6.07, 6.45) is 1.79. The third kappa shape index (κ3) is 3.25. The van der Waals surface area contributed by atoms with Crippen molar-refractivity contribution in [3.05, 3.63) is 57.6 Å². The van der Waals surface area contributed by atoms with Crippen LogP contribution in [0.2, 0.25) is 0 Å². The minimum absolute atomic E-state index is 0.0118. The number of carbonyl (C=O) groups excluding carboxylic acids is 1. The number of aromatic amines is 2. The Morgan fingerprint density at radius 1 is 1.28 bits per heavy atom. The maximum Gasteiger partial charge on any atom is 0.340 e. The van der Waals surface area contributed by atoms with E-state index < -0.39 is 0 Å². The summed E-state index contributed by atoms with van der Waals surface area (Å²) < 4.78 is 4.41. The van der Waals surface area contributed by atoms with Crippen LogP contribution in [0.15, 0.2) is 41.2 Å². The first-order valence-corrected chi connectivity index (χ1v) is 8.94. The number of benzene rings is 1. The van der Waals surface area contributed by atoms with Crippen LogP contribution in [-0.4, -0.2) is 43.5 Å². The third-order valence-corrected chi connectivity index (χ3v) is 5.18. The van der Waals surface area contributed by atoms with Crippen molar-refractivity contribution in [3.8, 4) is 11.3 Å². The Hall–Kier alpha value is -2.74. The molecule has 0 spiro atoms. The molecule has 25 heavy (non-hydrogen) atoms. The zero-order chi connectivity index (χ0) is 17.2. The van der Waals surface area contributed by atoms with E-state index in [1.807, 2.05) is 41.3 Å². The normalized spacial score (nSPS) is 17.6. The summed E-state index contributed by atoms with van der Waals surface area (Å²) in [5, 5.41) is 6.40. The van der Waals surface area contributed by atoms with Gasteiger partial charge >= 0.3 is 5.69 Å². The first-order chi connectivity index (χ1) is 12.2. The molecule has 1 fully saturated rings. The second kappa shape index (κ2) is 6.64. The topological polar surface area (TPSA) is 94.7 Å². The minimum Gasteiger partial charge on any atom is -0.337 e. The molecule has 0 radical (unpaired) electrons. The molecule has 3 aromatic rings. The van der Waals surface area contributed by atoms with Crippen molar-refractivity contribution < 1.29 is 4.79 Å². The summed E-state index contributed by atoms with van der Waals surface area (Å²) in [6, 6.07) is 11.7. The van der Waals surface area contributed by atoms with E-state index >= 15 is 0 Å². The molecule has 1 saturated heterocycles. The van der Waals surface area contributed by atoms with Crippen LogP contribution in [0, 0.1) is 0 Å². The fourth-order valence-electron chi connectivity index (χ4n) is 3.14. The number of hydrogen-bond acceptors (Lipinski definition) is 5. The van der Waals surface area contributed by atoms with Gasteiger partial charge in [-0.05, 0) is 30.4 Å². The molecule has 2 aromatic heterocycles. The highest BCUT2D eigenvalue weighted by Gasteiger charge is 2.28. The summed E-state index contributed by atoms with van der Waals surface area (Å²) in [5.74, 6) is 0.664. The van der Waals surface area contributed by atoms with Gasteiger partial charge in [0.25, 0.3) is 5.91 Å². The first kappa shape index (κ1) is 15.8. The van der Waals surface area contributed by atoms with E-state index in [0.717, 1.165) is 24.1 Å². The lowest BCUT2D eigenvalue weighted by Gasteiger charge is -2.31. The van der Waals surface area contributed by atoms with Crippen molar-refractivity contribution in [1.29, 1.82) is 0 Å². The molecule has 2 N–H and O–H groups in total. The van der Waals surface area contributed by atoms with E-state index in [0.29, 0.717) is 23.8 Å². The van der Waals surface area contributed by atoms with Crippen LogP contribution in [-0.2, 0) is 0 Å². The van der Waals surface area contributed by atoms with Gasteiger partial charge in [-0.25, -0.2) is 9.89 Å². The minimum atomic E-state index is -0.312. The molecule has 0 aliphatic carbocycles. The SMILES string of the molecule is O=C(c1cc(-c2ccccc2)ns1)N1CCCC(c2n[nH]c(=O)[nH]2)C1. The van der Waals surface area contributed by atoms with Crippen LogP contribution >= 0.6 is 11.5 Å². The third-order valence-electron chi connectivity index (χ3n) is 4.41. The molecule has 128 valence electrons. The average molecular weight is 355 g/mol. The number of nitrogens with one attached hydrogen (secondary N) is 2. The molecule has 3 heterocycles. The standard InChI is InChI=1S/C17H17N5O2S/c23-16(14-9-13(21-25-14)11-5-2-1-3-6-11)22-8-4-7-12(10-22)15-18-17(24)20-19-15/h1-3,5-6,9,12H,4,7-8,10H2,(H2,18,19,20,24). The number of aromatic nitrogens is 4. The molecular formula is C17H17N5O2S. The van der Waals surface area contributed by atoms with Gasteiger partial charge in [-0.2, -0.15) is 9.47 Å². The smallest absolute Gasteiger partial charge is 0.337 e. The van der Waals surface area contributed by atoms with Crippen LogP contribution in [0.1, 0.15) is 34.3 Å². The molecule has 1 amide bonds. The Morgan fingerprint density at radius 3 is 2.88 bits per heavy atom. The Kier molecular flexibility index (Phi) is 4.19. The number of piperidine rings is 1. The molecule has 1 unspecified atom stereocenters. The van der Waals surface area contributed by atoms with Crippen LogP contribution in [0.3, 0.4) is 0 Å². The summed E-state index contributed by atoms with van der Waals surface area (Å²) in [6.45, 7) is 1.26. The van der Waals surface area contributed by atoms with Crippen molar-refractivity contribution in [2.75, 3.05) is 13.1 Å². The summed E-state index contributed by atoms with van der Waals surface area (Å²) >= 11 is 1.23. The predicted molar refractivity (Wildman–Crippen MR) is 94.6 cm³/mol. The predicted octanol–water partition coefficient (Wildman–Crippen LogP) is 2.24. The van der Waals surface area contributed by atoms with Crippen LogP contribution in [0.5, 0.6) is 0 Å². The Labute approximate surface area is 147 Å². The van der Waals surface area contributed by atoms with Gasteiger partial charge in [0.2, 0.25) is 0 Å². The zero-order valence-corrected chi connectivity index (χ0v) is 14.3. The summed E-state index contributed by atoms with van der Waals surface area (Å²) in [7, 11) is 0. The summed E-state index contributed by atoms with van der Waals surface area (Å²) in [5.41, 5.74) is 1.51. The number of H-pyrrole nitrogens is 2. The van der Waals surface area contributed by atoms with Gasteiger partial charge in [0.05, 0.1) is 5.69 Å². The number of hydrogen-bond donors (Lipinski definition) is 2. The quantitative estimate of drug-likeness (QED) is 0.753. The second-order valence-electron chi connectivity index (χ2n) is 6.10. The highest BCUT2D eigenvalue weighted by atomic mass is 32.1. The van der Waals surface area contributed by atoms with E-state index in [1.165, 1.54) is 11.5 Å². The number of carbonyl (C=O) groups is 1. The number of rotatable bonds is 3. The van der Waals surface area contributed by atoms with Crippen molar-refractivity contribution in [2.45, 2.75) is 18.8 Å². The number of nitrogens with zero attached hydrogens (tertiary/aromatic N) is 3. The van der Waals surface area contributed by atoms with Crippen molar-refractivity contribution in [3.63, 3.8) is 0 Å². The molecule has 0 bridgehead atoms. The fourth-order valence-corrected chi connectivity index (χ4v) is 3.86. The van der Waals surface area contributed by atoms with E-state index in [9.17, 15) is 9.59 Å². The molecule has 1 atom stereocenters. The maximum absolute atomic E-state index is 12.8. The van der Waals surface area contributed by atoms with E-state index in [1.54, 1.807) is 0 Å². The molecule has 4 rings (SSSR count). The van der Waals surface area contributed by atoms with Gasteiger partial charge in [0.15, 0.2) is 0 Å². The highest BCUT2D eigenvalue weighted by molar-refractivity contribution is 7.08. The van der Waals surface area contributed by atoms with E-state index in [2.05, 4.69) is 19.6 Å². The second-order valence-corrected chi connectivity index (χ2v) is 6.90. The van der Waals surface area contributed by atoms with Gasteiger partial charge in [-0.3, -0.25) is 9.78 Å². The molecule has 1 aliphatic heterocycles. The van der Waals surface area contributed by atoms with Crippen LogP contribution in [0.4, 0.5) is 0 Å². The van der Waals surface area contributed by atoms with E-state index in [-0.39, 0.29) is 17.5 Å². The lowest BCUT2D eigenvalue weighted by atomic mass is 9.97. The molecule has 1 aromatic carbocycles. The van der Waals surface area contributed by atoms with Gasteiger partial charge in [0, 0.05) is 24.6 Å². The Bertz CT molecular complexity index is 930. The highest BCUT2D eigenvalue weighted by Crippen LogP contribution is 2.27. The molecule has 7 nitrogen and oxygen atoms in total. The van der Waals surface area contributed by atoms with Gasteiger partial charge in [0.1, 0.15) is 10.7 Å². The molecule has 1 aliphatic rings. The van der Waals surface area contributed by atoms with Gasteiger partial charge in [-0.1, -0.05) is 30.3 Å². The molecule has 0 saturated carbocycles. The fraction of sp³-hybridized carbons (Fsp3) is 0.294. The zero-order valence-electron chi connectivity index (χ0n) is 13.4.